The standard InChI is InChI=1S/C11H14N2.ClH/c1-11(2,9-12)13-8-10-6-4-3-5-7-10;/h3-7,13H,8H2,1-2H3;1H. The van der Waals surface area contributed by atoms with Gasteiger partial charge in [0.2, 0.25) is 0 Å². The Balaban J connectivity index is 0.00000169. The molecule has 0 amide bonds. The number of benzene rings is 1. The lowest BCUT2D eigenvalue weighted by atomic mass is 10.1. The molecule has 0 fully saturated rings. The molecule has 1 rings (SSSR count). The summed E-state index contributed by atoms with van der Waals surface area (Å²) in [7, 11) is 0. The Bertz CT molecular complexity index is 301. The van der Waals surface area contributed by atoms with Gasteiger partial charge in [0.25, 0.3) is 0 Å². The molecule has 0 bridgehead atoms. The van der Waals surface area contributed by atoms with Crippen LogP contribution in [0.1, 0.15) is 19.4 Å². The van der Waals surface area contributed by atoms with Gasteiger partial charge in [-0.3, -0.25) is 5.32 Å². The van der Waals surface area contributed by atoms with Gasteiger partial charge in [-0.2, -0.15) is 5.26 Å². The molecule has 3 heteroatoms. The van der Waals surface area contributed by atoms with E-state index in [-0.39, 0.29) is 12.4 Å². The fraction of sp³-hybridized carbons (Fsp3) is 0.364. The monoisotopic (exact) mass is 210 g/mol. The first kappa shape index (κ1) is 13.0. The first-order chi connectivity index (χ1) is 6.14. The fourth-order valence-corrected chi connectivity index (χ4v) is 0.958. The highest BCUT2D eigenvalue weighted by Gasteiger charge is 2.14. The number of nitriles is 1. The Labute approximate surface area is 91.4 Å². The lowest BCUT2D eigenvalue weighted by Gasteiger charge is -2.17. The quantitative estimate of drug-likeness (QED) is 0.832. The summed E-state index contributed by atoms with van der Waals surface area (Å²) in [6, 6.07) is 12.3. The normalized spacial score (nSPS) is 10.1. The van der Waals surface area contributed by atoms with Gasteiger partial charge in [-0.15, -0.1) is 12.4 Å². The third-order valence-corrected chi connectivity index (χ3v) is 1.86. The number of nitrogens with zero attached hydrogens (tertiary/aromatic N) is 1. The van der Waals surface area contributed by atoms with Crippen LogP contribution >= 0.6 is 12.4 Å². The second-order valence-corrected chi connectivity index (χ2v) is 3.58. The van der Waals surface area contributed by atoms with Crippen LogP contribution in [0, 0.1) is 11.3 Å². The minimum Gasteiger partial charge on any atom is -0.296 e. The van der Waals surface area contributed by atoms with Crippen molar-refractivity contribution in [2.45, 2.75) is 25.9 Å². The fourth-order valence-electron chi connectivity index (χ4n) is 0.958. The van der Waals surface area contributed by atoms with E-state index in [0.717, 1.165) is 6.54 Å². The van der Waals surface area contributed by atoms with Crippen molar-refractivity contribution >= 4 is 12.4 Å². The van der Waals surface area contributed by atoms with Crippen LogP contribution in [0.3, 0.4) is 0 Å². The van der Waals surface area contributed by atoms with Crippen LogP contribution in [0.2, 0.25) is 0 Å². The maximum Gasteiger partial charge on any atom is 0.101 e. The van der Waals surface area contributed by atoms with E-state index in [1.807, 2.05) is 44.2 Å². The van der Waals surface area contributed by atoms with Gasteiger partial charge in [-0.05, 0) is 19.4 Å². The van der Waals surface area contributed by atoms with Crippen LogP contribution < -0.4 is 5.32 Å². The zero-order valence-corrected chi connectivity index (χ0v) is 9.27. The van der Waals surface area contributed by atoms with Crippen molar-refractivity contribution in [1.82, 2.24) is 5.32 Å². The number of nitrogens with one attached hydrogen (secondary N) is 1. The molecule has 0 aliphatic carbocycles. The van der Waals surface area contributed by atoms with E-state index in [0.29, 0.717) is 0 Å². The molecule has 1 aromatic carbocycles. The molecule has 0 atom stereocenters. The third kappa shape index (κ3) is 4.27. The Morgan fingerprint density at radius 1 is 1.29 bits per heavy atom. The molecule has 0 aliphatic rings. The molecule has 1 N–H and O–H groups in total. The van der Waals surface area contributed by atoms with E-state index < -0.39 is 5.54 Å². The molecule has 0 radical (unpaired) electrons. The van der Waals surface area contributed by atoms with Crippen LogP contribution in [0.4, 0.5) is 0 Å². The Morgan fingerprint density at radius 3 is 2.36 bits per heavy atom. The summed E-state index contributed by atoms with van der Waals surface area (Å²) in [5.74, 6) is 0. The van der Waals surface area contributed by atoms with E-state index in [4.69, 9.17) is 5.26 Å². The summed E-state index contributed by atoms with van der Waals surface area (Å²) in [6.45, 7) is 4.48. The summed E-state index contributed by atoms with van der Waals surface area (Å²) in [4.78, 5) is 0. The summed E-state index contributed by atoms with van der Waals surface area (Å²) in [6.07, 6.45) is 0. The first-order valence-corrected chi connectivity index (χ1v) is 4.34. The molecule has 0 aromatic heterocycles. The lowest BCUT2D eigenvalue weighted by Crippen LogP contribution is -2.36. The molecule has 0 saturated heterocycles. The van der Waals surface area contributed by atoms with Gasteiger partial charge < -0.3 is 0 Å². The summed E-state index contributed by atoms with van der Waals surface area (Å²) < 4.78 is 0. The smallest absolute Gasteiger partial charge is 0.101 e. The summed E-state index contributed by atoms with van der Waals surface area (Å²) in [5, 5.41) is 11.9. The highest BCUT2D eigenvalue weighted by molar-refractivity contribution is 5.85. The number of hydrogen-bond acceptors (Lipinski definition) is 2. The van der Waals surface area contributed by atoms with Gasteiger partial charge in [-0.25, -0.2) is 0 Å². The highest BCUT2D eigenvalue weighted by Crippen LogP contribution is 2.03. The summed E-state index contributed by atoms with van der Waals surface area (Å²) >= 11 is 0. The van der Waals surface area contributed by atoms with Gasteiger partial charge in [0.15, 0.2) is 0 Å². The van der Waals surface area contributed by atoms with Crippen molar-refractivity contribution in [3.05, 3.63) is 35.9 Å². The summed E-state index contributed by atoms with van der Waals surface area (Å²) in [5.41, 5.74) is 0.751. The van der Waals surface area contributed by atoms with E-state index in [9.17, 15) is 0 Å². The Kier molecular flexibility index (Phi) is 5.22. The van der Waals surface area contributed by atoms with Gasteiger partial charge in [0, 0.05) is 6.54 Å². The van der Waals surface area contributed by atoms with E-state index in [1.54, 1.807) is 0 Å². The maximum absolute atomic E-state index is 8.76. The minimum atomic E-state index is -0.449. The average Bonchev–Trinajstić information content (AvgIpc) is 2.17. The molecular formula is C11H15ClN2. The van der Waals surface area contributed by atoms with Crippen LogP contribution in [-0.2, 0) is 6.54 Å². The molecule has 0 heterocycles. The van der Waals surface area contributed by atoms with Crippen molar-refractivity contribution in [3.63, 3.8) is 0 Å². The minimum absolute atomic E-state index is 0. The van der Waals surface area contributed by atoms with Crippen molar-refractivity contribution in [1.29, 1.82) is 5.26 Å². The number of rotatable bonds is 3. The van der Waals surface area contributed by atoms with E-state index in [2.05, 4.69) is 11.4 Å². The molecule has 0 aliphatic heterocycles. The van der Waals surface area contributed by atoms with Crippen molar-refractivity contribution < 1.29 is 0 Å². The lowest BCUT2D eigenvalue weighted by molar-refractivity contribution is 0.485. The molecule has 1 aromatic rings. The Hall–Kier alpha value is -1.04. The molecule has 0 saturated carbocycles. The second-order valence-electron chi connectivity index (χ2n) is 3.58. The van der Waals surface area contributed by atoms with Crippen LogP contribution in [0.5, 0.6) is 0 Å². The zero-order valence-electron chi connectivity index (χ0n) is 8.45. The molecule has 2 nitrogen and oxygen atoms in total. The molecular weight excluding hydrogens is 196 g/mol. The van der Waals surface area contributed by atoms with Gasteiger partial charge in [0.1, 0.15) is 5.54 Å². The van der Waals surface area contributed by atoms with Crippen LogP contribution in [-0.4, -0.2) is 5.54 Å². The van der Waals surface area contributed by atoms with Gasteiger partial charge in [0.05, 0.1) is 6.07 Å². The van der Waals surface area contributed by atoms with Crippen molar-refractivity contribution in [3.8, 4) is 6.07 Å². The van der Waals surface area contributed by atoms with Crippen LogP contribution in [0.15, 0.2) is 30.3 Å². The topological polar surface area (TPSA) is 35.8 Å². The first-order valence-electron chi connectivity index (χ1n) is 4.34. The molecule has 76 valence electrons. The molecule has 0 spiro atoms. The third-order valence-electron chi connectivity index (χ3n) is 1.86. The van der Waals surface area contributed by atoms with Gasteiger partial charge >= 0.3 is 0 Å². The van der Waals surface area contributed by atoms with E-state index >= 15 is 0 Å². The number of hydrogen-bond donors (Lipinski definition) is 1. The zero-order chi connectivity index (χ0) is 9.73. The highest BCUT2D eigenvalue weighted by atomic mass is 35.5. The predicted molar refractivity (Wildman–Crippen MR) is 60.2 cm³/mol. The molecule has 14 heavy (non-hydrogen) atoms. The number of halogens is 1. The maximum atomic E-state index is 8.76. The predicted octanol–water partition coefficient (Wildman–Crippen LogP) is 2.50. The van der Waals surface area contributed by atoms with Crippen molar-refractivity contribution in [2.75, 3.05) is 0 Å². The largest absolute Gasteiger partial charge is 0.296 e. The van der Waals surface area contributed by atoms with Crippen LogP contribution in [0.25, 0.3) is 0 Å². The Morgan fingerprint density at radius 2 is 1.86 bits per heavy atom. The molecule has 0 unspecified atom stereocenters. The van der Waals surface area contributed by atoms with Gasteiger partial charge in [-0.1, -0.05) is 30.3 Å². The second kappa shape index (κ2) is 5.64. The van der Waals surface area contributed by atoms with E-state index in [1.165, 1.54) is 5.56 Å². The average molecular weight is 211 g/mol. The SMILES string of the molecule is CC(C)(C#N)NCc1ccccc1.Cl. The van der Waals surface area contributed by atoms with Crippen molar-refractivity contribution in [2.24, 2.45) is 0 Å².